The molecule has 0 unspecified atom stereocenters. The highest BCUT2D eigenvalue weighted by molar-refractivity contribution is 6.17. The van der Waals surface area contributed by atoms with Crippen molar-refractivity contribution in [2.24, 2.45) is 0 Å². The molecule has 0 radical (unpaired) electrons. The summed E-state index contributed by atoms with van der Waals surface area (Å²) in [5, 5.41) is 6.91. The largest absolute Gasteiger partial charge is 0.309 e. The Morgan fingerprint density at radius 3 is 1.31 bits per heavy atom. The lowest BCUT2D eigenvalue weighted by Crippen LogP contribution is -2.07. The van der Waals surface area contributed by atoms with Gasteiger partial charge in [0.25, 0.3) is 0 Å². The fraction of sp³-hybridized carbons (Fsp3) is 0.0488. The Labute approximate surface area is 502 Å². The number of fused-ring (bicyclic) bond motifs is 10. The molecule has 3 nitrogen and oxygen atoms in total. The van der Waals surface area contributed by atoms with E-state index in [1.54, 1.807) is 0 Å². The first kappa shape index (κ1) is 43.0. The fourth-order valence-electron chi connectivity index (χ4n) is 13.9. The Morgan fingerprint density at radius 2 is 0.706 bits per heavy atom. The van der Waals surface area contributed by atoms with E-state index in [0.29, 0.717) is 33.4 Å². The van der Waals surface area contributed by atoms with Crippen LogP contribution in [0, 0.1) is 13.7 Å². The van der Waals surface area contributed by atoms with Crippen molar-refractivity contribution in [2.75, 3.05) is 0 Å². The molecule has 0 atom stereocenters. The Morgan fingerprint density at radius 1 is 0.259 bits per heavy atom. The van der Waals surface area contributed by atoms with Crippen LogP contribution in [0.1, 0.15) is 30.5 Å². The number of hydrogen-bond donors (Lipinski definition) is 0. The SMILES string of the molecule is [2H]C([2H])([2H])c1c(-c2ccccc2)cccc1-c1cc(-c2ccc3c(c2)CC3)cc(-c2cccc(-c3cc(-c4ccccc4)cc(-n4c5ccccc5c5c(-n6c7ccccc7c7cc(-n8c9ccccc9c9ccccc98)ccc76)cccc54)c3)c2C([2H])([2H])[2H])c1. The lowest BCUT2D eigenvalue weighted by molar-refractivity contribution is 0.840. The van der Waals surface area contributed by atoms with Crippen LogP contribution in [0.5, 0.6) is 0 Å². The van der Waals surface area contributed by atoms with Crippen molar-refractivity contribution in [3.63, 3.8) is 0 Å². The quantitative estimate of drug-likeness (QED) is 0.137. The molecule has 0 N–H and O–H groups in total. The minimum atomic E-state index is -2.61. The van der Waals surface area contributed by atoms with Crippen molar-refractivity contribution in [2.45, 2.75) is 26.5 Å². The summed E-state index contributed by atoms with van der Waals surface area (Å²) in [7, 11) is 0. The van der Waals surface area contributed by atoms with Gasteiger partial charge in [-0.05, 0) is 207 Å². The summed E-state index contributed by atoms with van der Waals surface area (Å²) in [5.41, 5.74) is 21.6. The maximum absolute atomic E-state index is 9.58. The van der Waals surface area contributed by atoms with Crippen molar-refractivity contribution in [1.29, 1.82) is 0 Å². The van der Waals surface area contributed by atoms with Gasteiger partial charge in [-0.3, -0.25) is 0 Å². The van der Waals surface area contributed by atoms with Crippen molar-refractivity contribution in [1.82, 2.24) is 13.7 Å². The second kappa shape index (κ2) is 19.4. The molecule has 400 valence electrons. The lowest BCUT2D eigenvalue weighted by Gasteiger charge is -2.21. The highest BCUT2D eigenvalue weighted by Gasteiger charge is 2.23. The molecule has 3 aromatic heterocycles. The summed E-state index contributed by atoms with van der Waals surface area (Å²) in [4.78, 5) is 0. The Balaban J connectivity index is 0.873. The predicted molar refractivity (Wildman–Crippen MR) is 359 cm³/mol. The molecule has 13 aromatic carbocycles. The number of para-hydroxylation sites is 4. The van der Waals surface area contributed by atoms with Crippen molar-refractivity contribution in [3.8, 4) is 83.8 Å². The van der Waals surface area contributed by atoms with Crippen molar-refractivity contribution in [3.05, 3.63) is 307 Å². The zero-order chi connectivity index (χ0) is 61.3. The number of nitrogens with zero attached hydrogens (tertiary/aromatic N) is 3. The van der Waals surface area contributed by atoms with E-state index >= 15 is 0 Å². The summed E-state index contributed by atoms with van der Waals surface area (Å²) >= 11 is 0. The van der Waals surface area contributed by atoms with Gasteiger partial charge in [0.2, 0.25) is 0 Å². The molecule has 0 saturated heterocycles. The second-order valence-corrected chi connectivity index (χ2v) is 22.7. The normalized spacial score (nSPS) is 13.6. The molecule has 1 aliphatic rings. The zero-order valence-electron chi connectivity index (χ0n) is 52.4. The summed E-state index contributed by atoms with van der Waals surface area (Å²) in [5.74, 6) is 0. The molecule has 3 heteroatoms. The summed E-state index contributed by atoms with van der Waals surface area (Å²) < 4.78 is 63.0. The van der Waals surface area contributed by atoms with E-state index in [2.05, 4.69) is 208 Å². The summed E-state index contributed by atoms with van der Waals surface area (Å²) in [6.45, 7) is -5.09. The average molecular weight is 1090 g/mol. The van der Waals surface area contributed by atoms with E-state index in [0.717, 1.165) is 118 Å². The molecule has 0 bridgehead atoms. The van der Waals surface area contributed by atoms with Crippen molar-refractivity contribution >= 4 is 65.4 Å². The van der Waals surface area contributed by atoms with Gasteiger partial charge in [0.1, 0.15) is 0 Å². The maximum atomic E-state index is 9.58. The molecule has 1 aliphatic carbocycles. The van der Waals surface area contributed by atoms with Crippen LogP contribution in [0.25, 0.3) is 149 Å². The van der Waals surface area contributed by atoms with Crippen LogP contribution in [0.15, 0.2) is 285 Å². The van der Waals surface area contributed by atoms with Gasteiger partial charge in [0.15, 0.2) is 0 Å². The third-order valence-corrected chi connectivity index (χ3v) is 18.0. The molecule has 3 heterocycles. The molecule has 0 spiro atoms. The molecule has 0 fully saturated rings. The number of hydrogen-bond acceptors (Lipinski definition) is 0. The highest BCUT2D eigenvalue weighted by atomic mass is 15.0. The zero-order valence-corrected chi connectivity index (χ0v) is 46.4. The molecular formula is C82H57N3. The van der Waals surface area contributed by atoms with Gasteiger partial charge in [-0.15, -0.1) is 0 Å². The molecule has 16 aromatic rings. The van der Waals surface area contributed by atoms with E-state index in [9.17, 15) is 4.11 Å². The van der Waals surface area contributed by atoms with Gasteiger partial charge < -0.3 is 13.7 Å². The van der Waals surface area contributed by atoms with Crippen LogP contribution in [-0.4, -0.2) is 13.7 Å². The van der Waals surface area contributed by atoms with E-state index in [-0.39, 0.29) is 11.1 Å². The number of benzene rings is 13. The molecule has 85 heavy (non-hydrogen) atoms. The van der Waals surface area contributed by atoms with Gasteiger partial charge in [-0.2, -0.15) is 0 Å². The van der Waals surface area contributed by atoms with Crippen LogP contribution in [0.2, 0.25) is 0 Å². The standard InChI is InChI=1S/C82H57N3/c1-52-66(56-22-7-4-8-23-56)28-17-29-67(52)61-45-59(58-41-39-55-38-40-57(55)44-58)46-62(48-61)68-30-18-31-69(53(68)2)63-47-60(54-20-5-3-6-21-54)49-65(50-63)84-78-35-16-12-27-73(78)82-80(84)36-19-37-81(82)85-77-34-15-11-26-72(77)74-51-64(42-43-79(74)85)83-75-32-13-9-24-70(75)71-25-10-14-33-76(71)83/h3-37,39,41-51H,38,40H2,1-2H3/i1D3,2D3. The average Bonchev–Trinajstić information content (AvgIpc) is 1.60. The summed E-state index contributed by atoms with van der Waals surface area (Å²) in [6, 6.07) is 98.7. The van der Waals surface area contributed by atoms with Gasteiger partial charge in [0, 0.05) is 51.9 Å². The Bertz CT molecular complexity index is 5570. The van der Waals surface area contributed by atoms with Crippen LogP contribution in [0.4, 0.5) is 0 Å². The first-order chi connectivity index (χ1) is 44.4. The van der Waals surface area contributed by atoms with Gasteiger partial charge in [-0.25, -0.2) is 0 Å². The van der Waals surface area contributed by atoms with Crippen LogP contribution >= 0.6 is 0 Å². The smallest absolute Gasteiger partial charge is 0.0562 e. The number of rotatable bonds is 9. The molecule has 0 saturated carbocycles. The summed E-state index contributed by atoms with van der Waals surface area (Å²) in [6.07, 6.45) is 2.02. The van der Waals surface area contributed by atoms with Gasteiger partial charge >= 0.3 is 0 Å². The fourth-order valence-corrected chi connectivity index (χ4v) is 13.9. The predicted octanol–water partition coefficient (Wildman–Crippen LogP) is 21.7. The maximum Gasteiger partial charge on any atom is 0.0562 e. The van der Waals surface area contributed by atoms with E-state index in [1.165, 1.54) is 21.9 Å². The number of aryl methyl sites for hydroxylation is 2. The monoisotopic (exact) mass is 1090 g/mol. The molecule has 0 amide bonds. The molecule has 0 aliphatic heterocycles. The van der Waals surface area contributed by atoms with Gasteiger partial charge in [0.05, 0.1) is 38.8 Å². The Kier molecular flexibility index (Phi) is 9.84. The second-order valence-electron chi connectivity index (χ2n) is 22.7. The third kappa shape index (κ3) is 7.81. The third-order valence-electron chi connectivity index (χ3n) is 18.0. The van der Waals surface area contributed by atoms with Gasteiger partial charge in [-0.1, -0.05) is 194 Å². The van der Waals surface area contributed by atoms with E-state index in [1.807, 2.05) is 91.0 Å². The van der Waals surface area contributed by atoms with E-state index < -0.39 is 13.7 Å². The first-order valence-corrected chi connectivity index (χ1v) is 29.3. The van der Waals surface area contributed by atoms with Crippen LogP contribution in [0.3, 0.4) is 0 Å². The van der Waals surface area contributed by atoms with E-state index in [4.69, 9.17) is 4.11 Å². The molecular weight excluding hydrogens is 1030 g/mol. The topological polar surface area (TPSA) is 14.8 Å². The Hall–Kier alpha value is -10.7. The van der Waals surface area contributed by atoms with Crippen LogP contribution < -0.4 is 0 Å². The lowest BCUT2D eigenvalue weighted by atomic mass is 9.84. The van der Waals surface area contributed by atoms with Crippen molar-refractivity contribution < 1.29 is 8.22 Å². The van der Waals surface area contributed by atoms with Crippen LogP contribution in [-0.2, 0) is 12.8 Å². The highest BCUT2D eigenvalue weighted by Crippen LogP contribution is 2.45. The number of aromatic nitrogens is 3. The minimum absolute atomic E-state index is 0.206. The minimum Gasteiger partial charge on any atom is -0.309 e. The first-order valence-electron chi connectivity index (χ1n) is 32.3. The molecule has 17 rings (SSSR count).